The molecule has 0 aliphatic heterocycles. The van der Waals surface area contributed by atoms with E-state index in [4.69, 9.17) is 9.47 Å². The number of esters is 1. The van der Waals surface area contributed by atoms with Crippen LogP contribution in [0.1, 0.15) is 130 Å². The van der Waals surface area contributed by atoms with Crippen LogP contribution in [-0.2, 0) is 14.3 Å². The number of hydrogen-bond donors (Lipinski definition) is 0. The lowest BCUT2D eigenvalue weighted by molar-refractivity contribution is -0.135. The fraction of sp³-hybridized carbons (Fsp3) is 0.815. The summed E-state index contributed by atoms with van der Waals surface area (Å²) in [4.78, 5) is 11.5. The molecule has 3 heteroatoms. The van der Waals surface area contributed by atoms with Crippen molar-refractivity contribution < 1.29 is 14.3 Å². The normalized spacial score (nSPS) is 11.6. The van der Waals surface area contributed by atoms with Crippen molar-refractivity contribution in [1.82, 2.24) is 0 Å². The Bertz CT molecular complexity index is 439. The molecule has 0 radical (unpaired) electrons. The Kier molecular flexibility index (Phi) is 21.8. The molecule has 3 nitrogen and oxygen atoms in total. The monoisotopic (exact) mass is 422 g/mol. The second-order valence-electron chi connectivity index (χ2n) is 8.59. The van der Waals surface area contributed by atoms with Crippen molar-refractivity contribution in [3.05, 3.63) is 24.0 Å². The Balaban J connectivity index is 3.26. The van der Waals surface area contributed by atoms with Gasteiger partial charge in [0.25, 0.3) is 0 Å². The van der Waals surface area contributed by atoms with E-state index in [1.165, 1.54) is 96.3 Å². The minimum Gasteiger partial charge on any atom is -0.428 e. The van der Waals surface area contributed by atoms with Gasteiger partial charge >= 0.3 is 5.97 Å². The molecule has 0 fully saturated rings. The van der Waals surface area contributed by atoms with Crippen molar-refractivity contribution >= 4 is 5.97 Å². The third kappa shape index (κ3) is 20.2. The molecule has 0 spiro atoms. The summed E-state index contributed by atoms with van der Waals surface area (Å²) in [5, 5.41) is 0. The number of carbonyl (C=O) groups excluding carboxylic acids is 1. The summed E-state index contributed by atoms with van der Waals surface area (Å²) in [6.45, 7) is 11.3. The third-order valence-electron chi connectivity index (χ3n) is 5.50. The molecular weight excluding hydrogens is 372 g/mol. The van der Waals surface area contributed by atoms with E-state index in [0.29, 0.717) is 5.57 Å². The second kappa shape index (κ2) is 22.6. The predicted molar refractivity (Wildman–Crippen MR) is 130 cm³/mol. The Morgan fingerprint density at radius 2 is 1.17 bits per heavy atom. The molecule has 0 aliphatic carbocycles. The quantitative estimate of drug-likeness (QED) is 0.0757. The van der Waals surface area contributed by atoms with Gasteiger partial charge in [0.2, 0.25) is 0 Å². The maximum Gasteiger partial charge on any atom is 0.338 e. The Labute approximate surface area is 187 Å². The summed E-state index contributed by atoms with van der Waals surface area (Å²) in [5.74, 6) is 0.448. The van der Waals surface area contributed by atoms with Gasteiger partial charge in [-0.3, -0.25) is 0 Å². The Hall–Kier alpha value is -1.09. The third-order valence-corrected chi connectivity index (χ3v) is 5.50. The molecule has 176 valence electrons. The molecule has 0 rings (SSSR count). The summed E-state index contributed by atoms with van der Waals surface area (Å²) >= 11 is 0. The van der Waals surface area contributed by atoms with Crippen LogP contribution in [0.3, 0.4) is 0 Å². The average Bonchev–Trinajstić information content (AvgIpc) is 2.74. The second-order valence-corrected chi connectivity index (χ2v) is 8.59. The molecule has 0 aromatic rings. The minimum absolute atomic E-state index is 0.319. The number of rotatable bonds is 22. The van der Waals surface area contributed by atoms with E-state index in [0.717, 1.165) is 31.8 Å². The summed E-state index contributed by atoms with van der Waals surface area (Å²) in [7, 11) is 0. The summed E-state index contributed by atoms with van der Waals surface area (Å²) in [6, 6.07) is 0. The van der Waals surface area contributed by atoms with Crippen LogP contribution in [0.2, 0.25) is 0 Å². The van der Waals surface area contributed by atoms with Gasteiger partial charge in [-0.2, -0.15) is 0 Å². The zero-order chi connectivity index (χ0) is 22.3. The molecule has 0 atom stereocenters. The van der Waals surface area contributed by atoms with Gasteiger partial charge in [0.1, 0.15) is 5.76 Å². The van der Waals surface area contributed by atoms with Crippen LogP contribution < -0.4 is 0 Å². The number of hydrogen-bond acceptors (Lipinski definition) is 3. The molecule has 0 saturated heterocycles. The molecular formula is C27H50O3. The van der Waals surface area contributed by atoms with Gasteiger partial charge in [0.15, 0.2) is 0 Å². The smallest absolute Gasteiger partial charge is 0.338 e. The topological polar surface area (TPSA) is 35.5 Å². The van der Waals surface area contributed by atoms with Crippen LogP contribution in [0.4, 0.5) is 0 Å². The molecule has 0 N–H and O–H groups in total. The molecule has 0 aromatic carbocycles. The summed E-state index contributed by atoms with van der Waals surface area (Å²) in [6.07, 6.45) is 23.7. The van der Waals surface area contributed by atoms with Gasteiger partial charge in [0, 0.05) is 25.2 Å². The van der Waals surface area contributed by atoms with Crippen molar-refractivity contribution in [1.29, 1.82) is 0 Å². The maximum atomic E-state index is 11.5. The molecule has 0 aromatic heterocycles. The number of unbranched alkanes of at least 4 members (excludes halogenated alkanes) is 14. The predicted octanol–water partition coefficient (Wildman–Crippen LogP) is 8.68. The molecule has 30 heavy (non-hydrogen) atoms. The van der Waals surface area contributed by atoms with Gasteiger partial charge in [0.05, 0.1) is 0 Å². The van der Waals surface area contributed by atoms with E-state index < -0.39 is 0 Å². The van der Waals surface area contributed by atoms with Crippen molar-refractivity contribution in [2.75, 3.05) is 13.2 Å². The summed E-state index contributed by atoms with van der Waals surface area (Å²) < 4.78 is 11.1. The van der Waals surface area contributed by atoms with Gasteiger partial charge in [-0.05, 0) is 39.2 Å². The number of ether oxygens (including phenoxy) is 2. The standard InChI is InChI=1S/C27H50O3/c1-5-7-8-9-10-11-12-14-17-20-23-29-24-21-18-15-13-16-19-22-26(6-2)30-27(28)25(3)4/h6H,3,5,7-24H2,1-2,4H3/b26-6-. The van der Waals surface area contributed by atoms with Gasteiger partial charge in [-0.25, -0.2) is 4.79 Å². The van der Waals surface area contributed by atoms with Crippen LogP contribution in [0.5, 0.6) is 0 Å². The zero-order valence-corrected chi connectivity index (χ0v) is 20.4. The van der Waals surface area contributed by atoms with Crippen molar-refractivity contribution in [2.45, 2.75) is 130 Å². The Morgan fingerprint density at radius 3 is 1.60 bits per heavy atom. The van der Waals surface area contributed by atoms with E-state index in [9.17, 15) is 4.79 Å². The highest BCUT2D eigenvalue weighted by atomic mass is 16.5. The van der Waals surface area contributed by atoms with E-state index in [1.807, 2.05) is 13.0 Å². The first kappa shape index (κ1) is 28.9. The molecule has 0 amide bonds. The SMILES string of the molecule is C=C(C)C(=O)O/C(=C\C)CCCCCCCCOCCCCCCCCCCCC. The number of carbonyl (C=O) groups is 1. The van der Waals surface area contributed by atoms with Crippen LogP contribution in [0.25, 0.3) is 0 Å². The lowest BCUT2D eigenvalue weighted by Crippen LogP contribution is -2.04. The van der Waals surface area contributed by atoms with Crippen LogP contribution in [-0.4, -0.2) is 19.2 Å². The molecule has 0 saturated carbocycles. The average molecular weight is 423 g/mol. The van der Waals surface area contributed by atoms with E-state index in [2.05, 4.69) is 13.5 Å². The fourth-order valence-corrected chi connectivity index (χ4v) is 3.46. The van der Waals surface area contributed by atoms with Gasteiger partial charge < -0.3 is 9.47 Å². The highest BCUT2D eigenvalue weighted by molar-refractivity contribution is 5.87. The van der Waals surface area contributed by atoms with E-state index in [1.54, 1.807) is 6.92 Å². The van der Waals surface area contributed by atoms with E-state index >= 15 is 0 Å². The van der Waals surface area contributed by atoms with Crippen LogP contribution in [0, 0.1) is 0 Å². The van der Waals surface area contributed by atoms with Crippen molar-refractivity contribution in [3.8, 4) is 0 Å². The van der Waals surface area contributed by atoms with Gasteiger partial charge in [-0.1, -0.05) is 97.0 Å². The van der Waals surface area contributed by atoms with Crippen molar-refractivity contribution in [2.24, 2.45) is 0 Å². The first-order valence-corrected chi connectivity index (χ1v) is 12.7. The minimum atomic E-state index is -0.319. The molecule has 0 aliphatic rings. The molecule has 0 bridgehead atoms. The highest BCUT2D eigenvalue weighted by Gasteiger charge is 2.06. The first-order chi connectivity index (χ1) is 14.6. The van der Waals surface area contributed by atoms with Crippen LogP contribution in [0.15, 0.2) is 24.0 Å². The van der Waals surface area contributed by atoms with Crippen molar-refractivity contribution in [3.63, 3.8) is 0 Å². The Morgan fingerprint density at radius 1 is 0.733 bits per heavy atom. The lowest BCUT2D eigenvalue weighted by atomic mass is 10.1. The maximum absolute atomic E-state index is 11.5. The summed E-state index contributed by atoms with van der Waals surface area (Å²) in [5.41, 5.74) is 0.449. The van der Waals surface area contributed by atoms with Crippen LogP contribution >= 0.6 is 0 Å². The first-order valence-electron chi connectivity index (χ1n) is 12.7. The molecule has 0 unspecified atom stereocenters. The molecule has 0 heterocycles. The zero-order valence-electron chi connectivity index (χ0n) is 20.4. The van der Waals surface area contributed by atoms with Gasteiger partial charge in [-0.15, -0.1) is 0 Å². The number of allylic oxidation sites excluding steroid dienone is 2. The lowest BCUT2D eigenvalue weighted by Gasteiger charge is -2.08. The van der Waals surface area contributed by atoms with E-state index in [-0.39, 0.29) is 5.97 Å². The highest BCUT2D eigenvalue weighted by Crippen LogP contribution is 2.14. The fourth-order valence-electron chi connectivity index (χ4n) is 3.46. The largest absolute Gasteiger partial charge is 0.428 e.